The molecule has 0 saturated carbocycles. The summed E-state index contributed by atoms with van der Waals surface area (Å²) in [6.07, 6.45) is -1.35. The zero-order valence-electron chi connectivity index (χ0n) is 27.8. The molecule has 4 amide bonds. The van der Waals surface area contributed by atoms with Gasteiger partial charge in [0.15, 0.2) is 0 Å². The summed E-state index contributed by atoms with van der Waals surface area (Å²) in [5, 5.41) is 11.2. The lowest BCUT2D eigenvalue weighted by atomic mass is 9.98. The van der Waals surface area contributed by atoms with Crippen LogP contribution in [0.15, 0.2) is 71.8 Å². The lowest BCUT2D eigenvalue weighted by molar-refractivity contribution is -0.128. The van der Waals surface area contributed by atoms with Gasteiger partial charge in [0.05, 0.1) is 13.2 Å². The highest BCUT2D eigenvalue weighted by atomic mass is 35.5. The molecule has 0 unspecified atom stereocenters. The minimum absolute atomic E-state index is 0.0427. The number of benzene rings is 3. The molecule has 3 aromatic carbocycles. The van der Waals surface area contributed by atoms with Crippen LogP contribution in [0.1, 0.15) is 48.9 Å². The van der Waals surface area contributed by atoms with E-state index in [1.807, 2.05) is 24.3 Å². The molecule has 1 aliphatic rings. The van der Waals surface area contributed by atoms with Crippen LogP contribution < -0.4 is 16.0 Å². The summed E-state index contributed by atoms with van der Waals surface area (Å²) in [5.41, 5.74) is 14.8. The second-order valence-corrected chi connectivity index (χ2v) is 12.2. The molecule has 0 spiro atoms. The van der Waals surface area contributed by atoms with Crippen molar-refractivity contribution >= 4 is 41.3 Å². The molecule has 0 aliphatic heterocycles. The third-order valence-electron chi connectivity index (χ3n) is 8.14. The maximum absolute atomic E-state index is 13.1. The topological polar surface area (TPSA) is 175 Å². The summed E-state index contributed by atoms with van der Waals surface area (Å²) in [6.45, 7) is 5.15. The Bertz CT molecular complexity index is 1680. The number of alkyl carbamates (subject to hydrolysis) is 1. The molecule has 3 N–H and O–H groups in total. The molecule has 0 fully saturated rings. The Kier molecular flexibility index (Phi) is 12.9. The smallest absolute Gasteiger partial charge is 0.409 e. The second kappa shape index (κ2) is 17.2. The summed E-state index contributed by atoms with van der Waals surface area (Å²) < 4.78 is 10.7. The summed E-state index contributed by atoms with van der Waals surface area (Å²) in [5.74, 6) is -1.28. The predicted octanol–water partition coefficient (Wildman–Crippen LogP) is 6.31. The average molecular weight is 690 g/mol. The number of carbonyl (C=O) groups excluding carboxylic acids is 4. The van der Waals surface area contributed by atoms with E-state index in [1.165, 1.54) is 11.8 Å². The van der Waals surface area contributed by atoms with Crippen LogP contribution in [0.25, 0.3) is 21.6 Å². The van der Waals surface area contributed by atoms with E-state index in [0.29, 0.717) is 11.3 Å². The molecule has 4 rings (SSSR count). The van der Waals surface area contributed by atoms with Gasteiger partial charge in [-0.05, 0) is 63.9 Å². The highest BCUT2D eigenvalue weighted by molar-refractivity contribution is 6.17. The Balaban J connectivity index is 1.34. The van der Waals surface area contributed by atoms with Gasteiger partial charge in [-0.2, -0.15) is 0 Å². The molecule has 49 heavy (non-hydrogen) atoms. The Morgan fingerprint density at radius 3 is 2.18 bits per heavy atom. The molecule has 14 heteroatoms. The van der Waals surface area contributed by atoms with Crippen molar-refractivity contribution in [1.29, 1.82) is 0 Å². The first-order chi connectivity index (χ1) is 23.5. The van der Waals surface area contributed by atoms with Crippen molar-refractivity contribution in [3.8, 4) is 11.1 Å². The third kappa shape index (κ3) is 9.43. The maximum atomic E-state index is 13.1. The van der Waals surface area contributed by atoms with Crippen LogP contribution in [0, 0.1) is 5.92 Å². The molecule has 0 bridgehead atoms. The highest BCUT2D eigenvalue weighted by Crippen LogP contribution is 2.44. The molecule has 0 aromatic heterocycles. The number of azide groups is 1. The number of hydrogen-bond acceptors (Lipinski definition) is 7. The fourth-order valence-corrected chi connectivity index (χ4v) is 5.81. The van der Waals surface area contributed by atoms with E-state index in [9.17, 15) is 19.2 Å². The van der Waals surface area contributed by atoms with Crippen molar-refractivity contribution in [2.75, 3.05) is 32.1 Å². The van der Waals surface area contributed by atoms with Crippen LogP contribution in [-0.2, 0) is 31.5 Å². The van der Waals surface area contributed by atoms with E-state index in [2.05, 4.69) is 50.2 Å². The van der Waals surface area contributed by atoms with Crippen LogP contribution in [0.3, 0.4) is 0 Å². The Labute approximate surface area is 289 Å². The van der Waals surface area contributed by atoms with E-state index in [0.717, 1.165) is 27.8 Å². The lowest BCUT2D eigenvalue weighted by Crippen LogP contribution is -2.53. The van der Waals surface area contributed by atoms with E-state index in [-0.39, 0.29) is 44.0 Å². The van der Waals surface area contributed by atoms with Crippen molar-refractivity contribution in [2.24, 2.45) is 11.0 Å². The van der Waals surface area contributed by atoms with Crippen LogP contribution in [-0.4, -0.2) is 67.8 Å². The van der Waals surface area contributed by atoms with Gasteiger partial charge in [-0.1, -0.05) is 73.6 Å². The number of amides is 4. The SMILES string of the molecule is CC(C)[C@H](NC(=O)OCCN=[N+]=[N-])C(=O)N[C@@H](C)C(=O)Nc1ccc(CCl)c(CN(C)C(=O)OCC2c3ccccc3-c3ccccc32)c1. The van der Waals surface area contributed by atoms with Crippen LogP contribution in [0.4, 0.5) is 15.3 Å². The molecule has 258 valence electrons. The zero-order chi connectivity index (χ0) is 35.5. The lowest BCUT2D eigenvalue weighted by Gasteiger charge is -2.24. The third-order valence-corrected chi connectivity index (χ3v) is 8.42. The summed E-state index contributed by atoms with van der Waals surface area (Å²) in [7, 11) is 1.63. The highest BCUT2D eigenvalue weighted by Gasteiger charge is 2.30. The van der Waals surface area contributed by atoms with Gasteiger partial charge in [-0.25, -0.2) is 9.59 Å². The minimum Gasteiger partial charge on any atom is -0.449 e. The van der Waals surface area contributed by atoms with Crippen molar-refractivity contribution in [2.45, 2.75) is 51.2 Å². The number of hydrogen-bond donors (Lipinski definition) is 3. The van der Waals surface area contributed by atoms with Gasteiger partial charge in [0.1, 0.15) is 18.7 Å². The molecule has 13 nitrogen and oxygen atoms in total. The number of rotatable bonds is 14. The average Bonchev–Trinajstić information content (AvgIpc) is 3.41. The monoisotopic (exact) mass is 689 g/mol. The number of ether oxygens (including phenoxy) is 2. The largest absolute Gasteiger partial charge is 0.449 e. The zero-order valence-corrected chi connectivity index (χ0v) is 28.6. The molecule has 0 heterocycles. The first kappa shape index (κ1) is 36.6. The van der Waals surface area contributed by atoms with Crippen LogP contribution >= 0.6 is 11.6 Å². The number of halogens is 1. The van der Waals surface area contributed by atoms with Gasteiger partial charge in [0, 0.05) is 36.0 Å². The van der Waals surface area contributed by atoms with E-state index in [4.69, 9.17) is 26.6 Å². The molecular weight excluding hydrogens is 650 g/mol. The van der Waals surface area contributed by atoms with Crippen molar-refractivity contribution in [3.05, 3.63) is 99.4 Å². The summed E-state index contributed by atoms with van der Waals surface area (Å²) in [6, 6.07) is 19.5. The van der Waals surface area contributed by atoms with Gasteiger partial charge in [0.25, 0.3) is 0 Å². The second-order valence-electron chi connectivity index (χ2n) is 12.0. The van der Waals surface area contributed by atoms with Crippen LogP contribution in [0.2, 0.25) is 0 Å². The van der Waals surface area contributed by atoms with E-state index >= 15 is 0 Å². The number of alkyl halides is 1. The molecule has 1 aliphatic carbocycles. The molecular formula is C35H40ClN7O6. The van der Waals surface area contributed by atoms with Gasteiger partial charge in [-0.15, -0.1) is 11.6 Å². The van der Waals surface area contributed by atoms with Gasteiger partial charge in [-0.3, -0.25) is 9.59 Å². The van der Waals surface area contributed by atoms with Crippen molar-refractivity contribution < 1.29 is 28.7 Å². The Morgan fingerprint density at radius 1 is 0.918 bits per heavy atom. The summed E-state index contributed by atoms with van der Waals surface area (Å²) >= 11 is 6.21. The number of fused-ring (bicyclic) bond motifs is 3. The fraction of sp³-hybridized carbons (Fsp3) is 0.371. The van der Waals surface area contributed by atoms with Gasteiger partial charge >= 0.3 is 12.2 Å². The first-order valence-corrected chi connectivity index (χ1v) is 16.4. The summed E-state index contributed by atoms with van der Waals surface area (Å²) in [4.78, 5) is 55.3. The Morgan fingerprint density at radius 2 is 1.57 bits per heavy atom. The van der Waals surface area contributed by atoms with Gasteiger partial charge in [0.2, 0.25) is 11.8 Å². The normalized spacial score (nSPS) is 12.9. The molecule has 3 aromatic rings. The maximum Gasteiger partial charge on any atom is 0.409 e. The number of nitrogens with one attached hydrogen (secondary N) is 3. The standard InChI is InChI=1S/C35H40ClN7O6/c1-21(2)31(41-34(46)48-16-15-38-42-37)33(45)39-22(3)32(44)40-25-14-13-23(18-36)24(17-25)19-43(4)35(47)49-20-30-28-11-7-5-9-26(28)27-10-6-8-12-29(27)30/h5-14,17,21-22,30-31H,15-16,18-20H2,1-4H3,(H,39,45)(H,40,44)(H,41,46)/t22-,31-/m0/s1. The first-order valence-electron chi connectivity index (χ1n) is 15.8. The molecule has 2 atom stereocenters. The number of carbonyl (C=O) groups is 4. The Hall–Kier alpha value is -5.26. The predicted molar refractivity (Wildman–Crippen MR) is 186 cm³/mol. The number of anilines is 1. The van der Waals surface area contributed by atoms with E-state index < -0.39 is 36.1 Å². The van der Waals surface area contributed by atoms with Crippen molar-refractivity contribution in [1.82, 2.24) is 15.5 Å². The minimum atomic E-state index is -0.981. The molecule has 0 saturated heterocycles. The quantitative estimate of drug-likeness (QED) is 0.0588. The van der Waals surface area contributed by atoms with E-state index in [1.54, 1.807) is 39.1 Å². The number of nitrogens with zero attached hydrogens (tertiary/aromatic N) is 4. The molecule has 0 radical (unpaired) electrons. The van der Waals surface area contributed by atoms with Crippen LogP contribution in [0.5, 0.6) is 0 Å². The van der Waals surface area contributed by atoms with Crippen molar-refractivity contribution in [3.63, 3.8) is 0 Å². The van der Waals surface area contributed by atoms with Gasteiger partial charge < -0.3 is 30.3 Å². The fourth-order valence-electron chi connectivity index (χ4n) is 5.55.